The number of benzene rings is 1. The first-order valence-electron chi connectivity index (χ1n) is 9.60. The molecule has 0 saturated heterocycles. The number of thioether (sulfide) groups is 1. The standard InChI is InChI=1S/C21H20ClN5OS2/c1-12-3-6-15-16(9-23)20(30-18(15)7-12)25-19(28)10-29-21-26-24-11-27(21)14-5-4-13(2)17(22)8-14/h4-5,8,11-12H,3,6-7,10H2,1-2H3,(H,25,28). The van der Waals surface area contributed by atoms with Gasteiger partial charge in [-0.2, -0.15) is 5.26 Å². The van der Waals surface area contributed by atoms with E-state index >= 15 is 0 Å². The molecule has 1 unspecified atom stereocenters. The Morgan fingerprint density at radius 1 is 1.50 bits per heavy atom. The smallest absolute Gasteiger partial charge is 0.235 e. The summed E-state index contributed by atoms with van der Waals surface area (Å²) in [4.78, 5) is 13.8. The fourth-order valence-electron chi connectivity index (χ4n) is 3.48. The van der Waals surface area contributed by atoms with E-state index in [0.717, 1.165) is 36.1 Å². The van der Waals surface area contributed by atoms with Crippen molar-refractivity contribution in [1.82, 2.24) is 14.8 Å². The maximum Gasteiger partial charge on any atom is 0.235 e. The predicted molar refractivity (Wildman–Crippen MR) is 121 cm³/mol. The number of rotatable bonds is 5. The molecule has 0 fully saturated rings. The molecule has 30 heavy (non-hydrogen) atoms. The quantitative estimate of drug-likeness (QED) is 0.544. The average molecular weight is 458 g/mol. The summed E-state index contributed by atoms with van der Waals surface area (Å²) in [5.41, 5.74) is 3.56. The van der Waals surface area contributed by atoms with Crippen molar-refractivity contribution >= 4 is 45.6 Å². The second-order valence-electron chi connectivity index (χ2n) is 7.42. The van der Waals surface area contributed by atoms with Crippen LogP contribution in [0.4, 0.5) is 5.00 Å². The fourth-order valence-corrected chi connectivity index (χ4v) is 5.76. The van der Waals surface area contributed by atoms with Crippen LogP contribution in [0.5, 0.6) is 0 Å². The van der Waals surface area contributed by atoms with Gasteiger partial charge in [-0.15, -0.1) is 21.5 Å². The Hall–Kier alpha value is -2.34. The Labute approximate surface area is 188 Å². The summed E-state index contributed by atoms with van der Waals surface area (Å²) in [6, 6.07) is 8.00. The molecule has 6 nitrogen and oxygen atoms in total. The van der Waals surface area contributed by atoms with Gasteiger partial charge >= 0.3 is 0 Å². The summed E-state index contributed by atoms with van der Waals surface area (Å²) < 4.78 is 1.80. The van der Waals surface area contributed by atoms with Crippen molar-refractivity contribution in [2.24, 2.45) is 5.92 Å². The highest BCUT2D eigenvalue weighted by Crippen LogP contribution is 2.39. The van der Waals surface area contributed by atoms with Crippen molar-refractivity contribution in [3.8, 4) is 11.8 Å². The van der Waals surface area contributed by atoms with Crippen molar-refractivity contribution in [3.05, 3.63) is 51.1 Å². The second kappa shape index (κ2) is 8.80. The number of aryl methyl sites for hydroxylation is 1. The lowest BCUT2D eigenvalue weighted by Crippen LogP contribution is -2.14. The number of halogens is 1. The van der Waals surface area contributed by atoms with E-state index in [0.29, 0.717) is 26.7 Å². The molecule has 1 aliphatic rings. The predicted octanol–water partition coefficient (Wildman–Crippen LogP) is 5.02. The summed E-state index contributed by atoms with van der Waals surface area (Å²) in [6.07, 6.45) is 4.56. The molecule has 1 atom stereocenters. The minimum absolute atomic E-state index is 0.167. The number of fused-ring (bicyclic) bond motifs is 1. The van der Waals surface area contributed by atoms with Crippen molar-refractivity contribution in [2.45, 2.75) is 38.3 Å². The molecule has 1 N–H and O–H groups in total. The molecule has 9 heteroatoms. The van der Waals surface area contributed by atoms with Crippen LogP contribution in [-0.2, 0) is 17.6 Å². The first-order chi connectivity index (χ1) is 14.5. The van der Waals surface area contributed by atoms with Gasteiger partial charge in [0.2, 0.25) is 5.91 Å². The number of carbonyl (C=O) groups excluding carboxylic acids is 1. The lowest BCUT2D eigenvalue weighted by atomic mass is 9.89. The van der Waals surface area contributed by atoms with Crippen LogP contribution < -0.4 is 5.32 Å². The number of anilines is 1. The average Bonchev–Trinajstić information content (AvgIpc) is 3.32. The van der Waals surface area contributed by atoms with Crippen LogP contribution in [0.1, 0.15) is 34.9 Å². The Balaban J connectivity index is 1.45. The largest absolute Gasteiger partial charge is 0.316 e. The van der Waals surface area contributed by atoms with Gasteiger partial charge in [0.1, 0.15) is 17.4 Å². The van der Waals surface area contributed by atoms with Gasteiger partial charge < -0.3 is 5.32 Å². The normalized spacial score (nSPS) is 15.5. The third-order valence-corrected chi connectivity index (χ3v) is 7.68. The van der Waals surface area contributed by atoms with Crippen molar-refractivity contribution < 1.29 is 4.79 Å². The van der Waals surface area contributed by atoms with Crippen LogP contribution in [0, 0.1) is 24.2 Å². The molecule has 0 spiro atoms. The zero-order valence-corrected chi connectivity index (χ0v) is 19.0. The van der Waals surface area contributed by atoms with E-state index in [9.17, 15) is 10.1 Å². The van der Waals surface area contributed by atoms with E-state index in [1.165, 1.54) is 28.0 Å². The molecule has 1 aliphatic carbocycles. The van der Waals surface area contributed by atoms with Gasteiger partial charge in [-0.25, -0.2) is 0 Å². The van der Waals surface area contributed by atoms with E-state index in [1.54, 1.807) is 10.9 Å². The van der Waals surface area contributed by atoms with E-state index in [-0.39, 0.29) is 11.7 Å². The molecule has 2 aromatic heterocycles. The molecule has 4 rings (SSSR count). The lowest BCUT2D eigenvalue weighted by Gasteiger charge is -2.17. The topological polar surface area (TPSA) is 83.6 Å². The summed E-state index contributed by atoms with van der Waals surface area (Å²) in [6.45, 7) is 4.16. The van der Waals surface area contributed by atoms with Crippen LogP contribution in [-0.4, -0.2) is 26.4 Å². The summed E-state index contributed by atoms with van der Waals surface area (Å²) in [5.74, 6) is 0.616. The number of hydrogen-bond donors (Lipinski definition) is 1. The number of thiophene rings is 1. The number of nitrogens with zero attached hydrogens (tertiary/aromatic N) is 4. The fraction of sp³-hybridized carbons (Fsp3) is 0.333. The molecule has 0 saturated carbocycles. The van der Waals surface area contributed by atoms with E-state index in [1.807, 2.05) is 25.1 Å². The van der Waals surface area contributed by atoms with Gasteiger partial charge in [0, 0.05) is 9.90 Å². The molecule has 2 heterocycles. The molecule has 0 radical (unpaired) electrons. The van der Waals surface area contributed by atoms with E-state index in [2.05, 4.69) is 28.5 Å². The van der Waals surface area contributed by atoms with Crippen LogP contribution in [0.25, 0.3) is 5.69 Å². The second-order valence-corrected chi connectivity index (χ2v) is 9.88. The van der Waals surface area contributed by atoms with Crippen LogP contribution in [0.15, 0.2) is 29.7 Å². The molecule has 1 amide bonds. The minimum atomic E-state index is -0.167. The third-order valence-electron chi connectivity index (χ3n) is 5.16. The summed E-state index contributed by atoms with van der Waals surface area (Å²) >= 11 is 9.06. The highest BCUT2D eigenvalue weighted by atomic mass is 35.5. The SMILES string of the molecule is Cc1ccc(-n2cnnc2SCC(=O)Nc2sc3c(c2C#N)CCC(C)C3)cc1Cl. The van der Waals surface area contributed by atoms with Gasteiger partial charge in [0.15, 0.2) is 5.16 Å². The number of carbonyl (C=O) groups is 1. The van der Waals surface area contributed by atoms with Gasteiger partial charge in [0.25, 0.3) is 0 Å². The van der Waals surface area contributed by atoms with Gasteiger partial charge in [-0.05, 0) is 55.4 Å². The number of nitriles is 1. The maximum absolute atomic E-state index is 12.6. The highest BCUT2D eigenvalue weighted by molar-refractivity contribution is 7.99. The zero-order valence-electron chi connectivity index (χ0n) is 16.6. The summed E-state index contributed by atoms with van der Waals surface area (Å²) in [5, 5.41) is 22.5. The molecular formula is C21H20ClN5OS2. The number of amides is 1. The number of hydrogen-bond acceptors (Lipinski definition) is 6. The lowest BCUT2D eigenvalue weighted by molar-refractivity contribution is -0.113. The van der Waals surface area contributed by atoms with Crippen molar-refractivity contribution in [2.75, 3.05) is 11.1 Å². The Kier molecular flexibility index (Phi) is 6.14. The molecule has 1 aromatic carbocycles. The van der Waals surface area contributed by atoms with Gasteiger partial charge in [-0.3, -0.25) is 9.36 Å². The highest BCUT2D eigenvalue weighted by Gasteiger charge is 2.24. The zero-order chi connectivity index (χ0) is 21.3. The van der Waals surface area contributed by atoms with Crippen LogP contribution in [0.2, 0.25) is 5.02 Å². The van der Waals surface area contributed by atoms with Gasteiger partial charge in [0.05, 0.1) is 17.0 Å². The van der Waals surface area contributed by atoms with Crippen LogP contribution >= 0.6 is 34.7 Å². The Bertz CT molecular complexity index is 1150. The molecule has 0 aliphatic heterocycles. The maximum atomic E-state index is 12.6. The third kappa shape index (κ3) is 4.24. The van der Waals surface area contributed by atoms with E-state index < -0.39 is 0 Å². The van der Waals surface area contributed by atoms with Gasteiger partial charge in [-0.1, -0.05) is 36.4 Å². The van der Waals surface area contributed by atoms with Crippen molar-refractivity contribution in [1.29, 1.82) is 5.26 Å². The van der Waals surface area contributed by atoms with Crippen LogP contribution in [0.3, 0.4) is 0 Å². The number of aromatic nitrogens is 3. The minimum Gasteiger partial charge on any atom is -0.316 e. The number of nitrogens with one attached hydrogen (secondary N) is 1. The summed E-state index contributed by atoms with van der Waals surface area (Å²) in [7, 11) is 0. The molecule has 0 bridgehead atoms. The first kappa shape index (κ1) is 20.9. The van der Waals surface area contributed by atoms with E-state index in [4.69, 9.17) is 11.6 Å². The Morgan fingerprint density at radius 2 is 2.33 bits per heavy atom. The first-order valence-corrected chi connectivity index (χ1v) is 11.8. The monoisotopic (exact) mass is 457 g/mol. The molecule has 154 valence electrons. The Morgan fingerprint density at radius 3 is 3.10 bits per heavy atom. The molecular weight excluding hydrogens is 438 g/mol. The molecule has 3 aromatic rings. The van der Waals surface area contributed by atoms with Crippen molar-refractivity contribution in [3.63, 3.8) is 0 Å².